The molecular formula is C31H36ClN3O4S. The lowest BCUT2D eigenvalue weighted by Crippen LogP contribution is -2.54. The van der Waals surface area contributed by atoms with E-state index < -0.39 is 28.5 Å². The Labute approximate surface area is 242 Å². The Morgan fingerprint density at radius 3 is 2.23 bits per heavy atom. The molecule has 9 heteroatoms. The maximum Gasteiger partial charge on any atom is 0.244 e. The molecule has 0 radical (unpaired) electrons. The van der Waals surface area contributed by atoms with Crippen LogP contribution < -0.4 is 9.62 Å². The van der Waals surface area contributed by atoms with Gasteiger partial charge in [0.25, 0.3) is 0 Å². The van der Waals surface area contributed by atoms with Gasteiger partial charge in [0.05, 0.1) is 11.9 Å². The fourth-order valence-corrected chi connectivity index (χ4v) is 6.13. The SMILES string of the molecule is Cc1cccc(CN(C(=O)CN(c2ccc(Cl)cc2)S(C)(=O)=O)[C@@H](Cc2ccccc2)C(=O)NC2CCCC2)c1. The largest absolute Gasteiger partial charge is 0.352 e. The van der Waals surface area contributed by atoms with E-state index in [1.54, 1.807) is 24.3 Å². The van der Waals surface area contributed by atoms with Gasteiger partial charge in [-0.1, -0.05) is 84.6 Å². The zero-order chi connectivity index (χ0) is 28.7. The van der Waals surface area contributed by atoms with Crippen LogP contribution in [0.15, 0.2) is 78.9 Å². The number of nitrogens with zero attached hydrogens (tertiary/aromatic N) is 2. The van der Waals surface area contributed by atoms with Crippen LogP contribution in [0.2, 0.25) is 5.02 Å². The number of nitrogens with one attached hydrogen (secondary N) is 1. The first-order valence-corrected chi connectivity index (χ1v) is 15.8. The van der Waals surface area contributed by atoms with E-state index in [9.17, 15) is 18.0 Å². The molecule has 1 aliphatic carbocycles. The number of hydrogen-bond acceptors (Lipinski definition) is 4. The number of rotatable bonds is 11. The zero-order valence-corrected chi connectivity index (χ0v) is 24.5. The highest BCUT2D eigenvalue weighted by atomic mass is 35.5. The summed E-state index contributed by atoms with van der Waals surface area (Å²) in [4.78, 5) is 29.5. The predicted octanol–water partition coefficient (Wildman–Crippen LogP) is 5.11. The number of halogens is 1. The van der Waals surface area contributed by atoms with Crippen molar-refractivity contribution in [3.8, 4) is 0 Å². The second-order valence-electron chi connectivity index (χ2n) is 10.5. The van der Waals surface area contributed by atoms with Crippen molar-refractivity contribution >= 4 is 39.1 Å². The Morgan fingerprint density at radius 2 is 1.60 bits per heavy atom. The van der Waals surface area contributed by atoms with Crippen LogP contribution in [0.4, 0.5) is 5.69 Å². The van der Waals surface area contributed by atoms with Crippen LogP contribution >= 0.6 is 11.6 Å². The third kappa shape index (κ3) is 8.08. The maximum atomic E-state index is 14.1. The molecule has 0 aliphatic heterocycles. The molecule has 7 nitrogen and oxygen atoms in total. The first kappa shape index (κ1) is 29.6. The molecule has 1 N–H and O–H groups in total. The average Bonchev–Trinajstić information content (AvgIpc) is 3.43. The Bertz CT molecular complexity index is 1410. The van der Waals surface area contributed by atoms with Gasteiger partial charge in [-0.05, 0) is 55.2 Å². The van der Waals surface area contributed by atoms with Gasteiger partial charge in [-0.25, -0.2) is 8.42 Å². The van der Waals surface area contributed by atoms with E-state index in [2.05, 4.69) is 5.32 Å². The molecular weight excluding hydrogens is 546 g/mol. The highest BCUT2D eigenvalue weighted by molar-refractivity contribution is 7.92. The highest BCUT2D eigenvalue weighted by Gasteiger charge is 2.34. The van der Waals surface area contributed by atoms with E-state index in [-0.39, 0.29) is 18.5 Å². The summed E-state index contributed by atoms with van der Waals surface area (Å²) in [6, 6.07) is 22.9. The lowest BCUT2D eigenvalue weighted by atomic mass is 10.0. The van der Waals surface area contributed by atoms with E-state index in [1.807, 2.05) is 61.5 Å². The first-order chi connectivity index (χ1) is 19.1. The van der Waals surface area contributed by atoms with Crippen LogP contribution in [-0.2, 0) is 32.6 Å². The fraction of sp³-hybridized carbons (Fsp3) is 0.355. The van der Waals surface area contributed by atoms with Crippen molar-refractivity contribution in [1.29, 1.82) is 0 Å². The molecule has 0 spiro atoms. The summed E-state index contributed by atoms with van der Waals surface area (Å²) in [6.45, 7) is 1.68. The molecule has 2 amide bonds. The zero-order valence-electron chi connectivity index (χ0n) is 22.9. The lowest BCUT2D eigenvalue weighted by molar-refractivity contribution is -0.140. The smallest absolute Gasteiger partial charge is 0.244 e. The van der Waals surface area contributed by atoms with Gasteiger partial charge in [0.1, 0.15) is 12.6 Å². The summed E-state index contributed by atoms with van der Waals surface area (Å²) < 4.78 is 26.8. The number of carbonyl (C=O) groups is 2. The van der Waals surface area contributed by atoms with Crippen molar-refractivity contribution < 1.29 is 18.0 Å². The van der Waals surface area contributed by atoms with Crippen molar-refractivity contribution in [3.63, 3.8) is 0 Å². The molecule has 3 aromatic carbocycles. The predicted molar refractivity (Wildman–Crippen MR) is 160 cm³/mol. The minimum Gasteiger partial charge on any atom is -0.352 e. The summed E-state index contributed by atoms with van der Waals surface area (Å²) >= 11 is 6.03. The third-order valence-electron chi connectivity index (χ3n) is 7.20. The quantitative estimate of drug-likeness (QED) is 0.341. The van der Waals surface area contributed by atoms with Gasteiger partial charge in [0, 0.05) is 24.0 Å². The standard InChI is InChI=1S/C31H36ClN3O4S/c1-23-9-8-12-25(19-23)21-34(30(36)22-35(40(2,38)39)28-17-15-26(32)16-18-28)29(20-24-10-4-3-5-11-24)31(37)33-27-13-6-7-14-27/h3-5,8-12,15-19,27,29H,6-7,13-14,20-22H2,1-2H3,(H,33,37)/t29-/m0/s1. The Hall–Kier alpha value is -3.36. The van der Waals surface area contributed by atoms with Crippen LogP contribution in [-0.4, -0.2) is 50.0 Å². The van der Waals surface area contributed by atoms with E-state index in [1.165, 1.54) is 4.90 Å². The van der Waals surface area contributed by atoms with Crippen LogP contribution in [0.5, 0.6) is 0 Å². The molecule has 1 aliphatic rings. The monoisotopic (exact) mass is 581 g/mol. The summed E-state index contributed by atoms with van der Waals surface area (Å²) in [7, 11) is -3.82. The Balaban J connectivity index is 1.72. The minimum absolute atomic E-state index is 0.0725. The highest BCUT2D eigenvalue weighted by Crippen LogP contribution is 2.23. The van der Waals surface area contributed by atoms with E-state index >= 15 is 0 Å². The summed E-state index contributed by atoms with van der Waals surface area (Å²) in [5, 5.41) is 3.63. The van der Waals surface area contributed by atoms with Crippen molar-refractivity contribution in [1.82, 2.24) is 10.2 Å². The normalized spacial score (nSPS) is 14.5. The molecule has 1 atom stereocenters. The number of carbonyl (C=O) groups excluding carboxylic acids is 2. The number of amides is 2. The molecule has 1 fully saturated rings. The number of sulfonamides is 1. The van der Waals surface area contributed by atoms with Crippen LogP contribution in [0.3, 0.4) is 0 Å². The first-order valence-electron chi connectivity index (χ1n) is 13.5. The molecule has 4 rings (SSSR count). The molecule has 3 aromatic rings. The number of aryl methyl sites for hydroxylation is 1. The molecule has 212 valence electrons. The van der Waals surface area contributed by atoms with E-state index in [0.717, 1.165) is 52.9 Å². The lowest BCUT2D eigenvalue weighted by Gasteiger charge is -2.34. The molecule has 0 heterocycles. The molecule has 0 aromatic heterocycles. The van der Waals surface area contributed by atoms with Gasteiger partial charge in [-0.3, -0.25) is 13.9 Å². The topological polar surface area (TPSA) is 86.8 Å². The maximum absolute atomic E-state index is 14.1. The Morgan fingerprint density at radius 1 is 0.950 bits per heavy atom. The van der Waals surface area contributed by atoms with Crippen LogP contribution in [0.25, 0.3) is 0 Å². The molecule has 0 bridgehead atoms. The van der Waals surface area contributed by atoms with Crippen LogP contribution in [0.1, 0.15) is 42.4 Å². The van der Waals surface area contributed by atoms with Crippen molar-refractivity contribution in [2.24, 2.45) is 0 Å². The second-order valence-corrected chi connectivity index (χ2v) is 12.8. The second kappa shape index (κ2) is 13.3. The molecule has 40 heavy (non-hydrogen) atoms. The van der Waals surface area contributed by atoms with Gasteiger partial charge < -0.3 is 10.2 Å². The number of hydrogen-bond donors (Lipinski definition) is 1. The minimum atomic E-state index is -3.82. The molecule has 0 unspecified atom stereocenters. The molecule has 1 saturated carbocycles. The average molecular weight is 582 g/mol. The third-order valence-corrected chi connectivity index (χ3v) is 8.59. The fourth-order valence-electron chi connectivity index (χ4n) is 5.15. The van der Waals surface area contributed by atoms with Gasteiger partial charge >= 0.3 is 0 Å². The van der Waals surface area contributed by atoms with Crippen LogP contribution in [0, 0.1) is 6.92 Å². The summed E-state index contributed by atoms with van der Waals surface area (Å²) in [5.41, 5.74) is 3.12. The van der Waals surface area contributed by atoms with Crippen molar-refractivity contribution in [2.75, 3.05) is 17.1 Å². The van der Waals surface area contributed by atoms with Gasteiger partial charge in [0.15, 0.2) is 0 Å². The van der Waals surface area contributed by atoms with Gasteiger partial charge in [-0.2, -0.15) is 0 Å². The molecule has 0 saturated heterocycles. The van der Waals surface area contributed by atoms with E-state index in [0.29, 0.717) is 17.1 Å². The van der Waals surface area contributed by atoms with E-state index in [4.69, 9.17) is 11.6 Å². The Kier molecular flexibility index (Phi) is 9.87. The van der Waals surface area contributed by atoms with Crippen molar-refractivity contribution in [3.05, 3.63) is 101 Å². The van der Waals surface area contributed by atoms with Gasteiger partial charge in [-0.15, -0.1) is 0 Å². The number of benzene rings is 3. The summed E-state index contributed by atoms with van der Waals surface area (Å²) in [5.74, 6) is -0.696. The van der Waals surface area contributed by atoms with Gasteiger partial charge in [0.2, 0.25) is 21.8 Å². The van der Waals surface area contributed by atoms with Crippen molar-refractivity contribution in [2.45, 2.75) is 57.7 Å². The summed E-state index contributed by atoms with van der Waals surface area (Å²) in [6.07, 6.45) is 5.31. The number of anilines is 1.